The molecule has 28 heteroatoms. The van der Waals surface area contributed by atoms with Crippen LogP contribution in [0.4, 0.5) is 0 Å². The lowest BCUT2D eigenvalue weighted by Gasteiger charge is -2.21. The lowest BCUT2D eigenvalue weighted by atomic mass is 10.0. The van der Waals surface area contributed by atoms with Gasteiger partial charge >= 0.3 is 5.97 Å². The molecule has 380 valence electrons. The summed E-state index contributed by atoms with van der Waals surface area (Å²) in [5.74, 6) is -8.94. The van der Waals surface area contributed by atoms with E-state index in [-0.39, 0.29) is 63.0 Å². The number of carbonyl (C=O) groups excluding carboxylic acids is 10. The highest BCUT2D eigenvalue weighted by atomic mass is 16.4. The van der Waals surface area contributed by atoms with Gasteiger partial charge in [-0.1, -0.05) is 13.8 Å². The molecule has 28 nitrogen and oxygen atoms in total. The first kappa shape index (κ1) is 60.3. The van der Waals surface area contributed by atoms with Gasteiger partial charge in [0.1, 0.15) is 30.2 Å². The van der Waals surface area contributed by atoms with Crippen molar-refractivity contribution in [2.75, 3.05) is 59.0 Å². The zero-order chi connectivity index (χ0) is 50.9. The topological polar surface area (TPSA) is 465 Å². The molecule has 0 saturated carbocycles. The number of aliphatic imine (C=N–C) groups is 1. The first-order valence-electron chi connectivity index (χ1n) is 21.7. The van der Waals surface area contributed by atoms with Gasteiger partial charge in [0.2, 0.25) is 59.1 Å². The van der Waals surface area contributed by atoms with Crippen molar-refractivity contribution in [3.05, 3.63) is 0 Å². The average molecular weight is 958 g/mol. The number of unbranched alkanes of at least 4 members (excludes halogenated alkanes) is 2. The van der Waals surface area contributed by atoms with Crippen LogP contribution in [0.2, 0.25) is 0 Å². The molecule has 0 unspecified atom stereocenters. The van der Waals surface area contributed by atoms with Gasteiger partial charge in [-0.25, -0.2) is 4.79 Å². The molecule has 0 heterocycles. The third kappa shape index (κ3) is 30.2. The van der Waals surface area contributed by atoms with Crippen LogP contribution in [0.3, 0.4) is 0 Å². The number of guanidine groups is 1. The van der Waals surface area contributed by atoms with E-state index in [2.05, 4.69) is 58.2 Å². The molecule has 0 spiro atoms. The van der Waals surface area contributed by atoms with Gasteiger partial charge in [-0.2, -0.15) is 0 Å². The largest absolute Gasteiger partial charge is 0.480 e. The molecule has 0 aromatic heterocycles. The van der Waals surface area contributed by atoms with Crippen LogP contribution < -0.4 is 76.1 Å². The first-order chi connectivity index (χ1) is 31.6. The Balaban J connectivity index is 5.46. The molecule has 5 atom stereocenters. The number of carboxylic acids is 1. The molecule has 0 radical (unpaired) electrons. The minimum absolute atomic E-state index is 0.00167. The Morgan fingerprint density at radius 1 is 0.537 bits per heavy atom. The number of aliphatic hydroxyl groups excluding tert-OH is 1. The van der Waals surface area contributed by atoms with Gasteiger partial charge in [0.25, 0.3) is 0 Å². The van der Waals surface area contributed by atoms with E-state index in [1.54, 1.807) is 13.8 Å². The first-order valence-corrected chi connectivity index (χ1v) is 21.7. The number of aliphatic hydroxyl groups is 1. The Bertz CT molecular complexity index is 1700. The van der Waals surface area contributed by atoms with Crippen LogP contribution in [0.1, 0.15) is 78.6 Å². The molecule has 0 saturated heterocycles. The average Bonchev–Trinajstić information content (AvgIpc) is 3.26. The van der Waals surface area contributed by atoms with Crippen molar-refractivity contribution in [3.63, 3.8) is 0 Å². The van der Waals surface area contributed by atoms with E-state index in [0.717, 1.165) is 0 Å². The van der Waals surface area contributed by atoms with Gasteiger partial charge in [0.05, 0.1) is 39.3 Å². The number of nitrogens with two attached hydrogens (primary N) is 4. The Morgan fingerprint density at radius 2 is 0.940 bits per heavy atom. The Morgan fingerprint density at radius 3 is 1.34 bits per heavy atom. The lowest BCUT2D eigenvalue weighted by Crippen LogP contribution is -2.54. The molecular weight excluding hydrogens is 887 g/mol. The molecular formula is C39H71N15O13. The van der Waals surface area contributed by atoms with Gasteiger partial charge in [0, 0.05) is 20.0 Å². The summed E-state index contributed by atoms with van der Waals surface area (Å²) in [6, 6.07) is -6.07. The quantitative estimate of drug-likeness (QED) is 0.0159. The summed E-state index contributed by atoms with van der Waals surface area (Å²) in [6.45, 7) is 1.78. The molecule has 0 fully saturated rings. The molecule has 0 rings (SSSR count). The van der Waals surface area contributed by atoms with Crippen LogP contribution in [0.5, 0.6) is 0 Å². The SMILES string of the molecule is CC(=O)NCCCC[C@H](NC(=O)CNC(=O)CNC(=O)[C@H](CCCCN)NC(=O)CNC(=O)[C@H](CCCN=C(N)N)NC(=O)CNC(=O)[C@@H](N)CO)C(=O)NCC(=O)N[C@@H](CC(C)C)C(=O)O. The number of aliphatic carboxylic acids is 1. The van der Waals surface area contributed by atoms with Crippen molar-refractivity contribution < 1.29 is 63.0 Å². The fourth-order valence-corrected chi connectivity index (χ4v) is 5.71. The van der Waals surface area contributed by atoms with Gasteiger partial charge < -0.3 is 86.3 Å². The standard InChI is InChI=1S/C39H71N15O13/c1-22(2)15-28(38(66)67)54-33(61)20-50-36(64)26(10-5-7-13-44-23(3)56)51-30(58)17-46-29(57)16-48-35(63)25(9-4-6-12-40)52-32(60)19-49-37(65)27(11-8-14-45-39(42)43)53-31(59)18-47-34(62)24(41)21-55/h22,24-28,55H,4-21,40-41H2,1-3H3,(H,44,56)(H,46,57)(H,47,62)(H,48,63)(H,49,65)(H,50,64)(H,51,58)(H,52,60)(H,53,59)(H,54,61)(H,66,67)(H4,42,43,45)/t24-,25-,26-,27-,28-/m0/s1. The minimum atomic E-state index is -1.27. The van der Waals surface area contributed by atoms with Crippen LogP contribution in [-0.4, -0.2) is 170 Å². The third-order valence-corrected chi connectivity index (χ3v) is 9.15. The van der Waals surface area contributed by atoms with Gasteiger partial charge in [-0.3, -0.25) is 52.9 Å². The molecule has 0 aromatic rings. The van der Waals surface area contributed by atoms with Gasteiger partial charge in [-0.15, -0.1) is 0 Å². The molecule has 0 bridgehead atoms. The van der Waals surface area contributed by atoms with Crippen molar-refractivity contribution in [2.24, 2.45) is 33.8 Å². The summed E-state index contributed by atoms with van der Waals surface area (Å²) in [4.78, 5) is 141. The molecule has 67 heavy (non-hydrogen) atoms. The maximum atomic E-state index is 13.1. The van der Waals surface area contributed by atoms with Crippen molar-refractivity contribution >= 4 is 71.0 Å². The predicted octanol–water partition coefficient (Wildman–Crippen LogP) is -7.55. The predicted molar refractivity (Wildman–Crippen MR) is 240 cm³/mol. The number of nitrogens with zero attached hydrogens (tertiary/aromatic N) is 1. The third-order valence-electron chi connectivity index (χ3n) is 9.15. The second-order valence-corrected chi connectivity index (χ2v) is 15.6. The van der Waals surface area contributed by atoms with Gasteiger partial charge in [-0.05, 0) is 70.3 Å². The van der Waals surface area contributed by atoms with Crippen LogP contribution >= 0.6 is 0 Å². The second kappa shape index (κ2) is 34.6. The smallest absolute Gasteiger partial charge is 0.326 e. The van der Waals surface area contributed by atoms with Crippen LogP contribution in [-0.2, 0) is 52.7 Å². The summed E-state index contributed by atoms with van der Waals surface area (Å²) in [6.07, 6.45) is 2.15. The zero-order valence-corrected chi connectivity index (χ0v) is 38.3. The van der Waals surface area contributed by atoms with Gasteiger partial charge in [0.15, 0.2) is 5.96 Å². The molecule has 0 aliphatic heterocycles. The Hall–Kier alpha value is -6.68. The van der Waals surface area contributed by atoms with Crippen LogP contribution in [0.25, 0.3) is 0 Å². The van der Waals surface area contributed by atoms with Crippen LogP contribution in [0, 0.1) is 5.92 Å². The summed E-state index contributed by atoms with van der Waals surface area (Å²) >= 11 is 0. The number of hydrogen-bond donors (Lipinski definition) is 16. The van der Waals surface area contributed by atoms with Crippen LogP contribution in [0.15, 0.2) is 4.99 Å². The van der Waals surface area contributed by atoms with Crippen molar-refractivity contribution in [2.45, 2.75) is 109 Å². The number of carboxylic acid groups (broad SMARTS) is 1. The summed E-state index contributed by atoms with van der Waals surface area (Å²) in [7, 11) is 0. The zero-order valence-electron chi connectivity index (χ0n) is 38.3. The van der Waals surface area contributed by atoms with E-state index in [1.165, 1.54) is 6.92 Å². The number of carbonyl (C=O) groups is 11. The fraction of sp³-hybridized carbons (Fsp3) is 0.692. The summed E-state index contributed by atoms with van der Waals surface area (Å²) in [5, 5.41) is 42.3. The van der Waals surface area contributed by atoms with E-state index in [0.29, 0.717) is 32.2 Å². The van der Waals surface area contributed by atoms with E-state index < -0.39 is 129 Å². The molecule has 0 aliphatic rings. The van der Waals surface area contributed by atoms with Crippen molar-refractivity contribution in [1.29, 1.82) is 0 Å². The van der Waals surface area contributed by atoms with E-state index in [9.17, 15) is 57.8 Å². The fourth-order valence-electron chi connectivity index (χ4n) is 5.71. The van der Waals surface area contributed by atoms with Crippen molar-refractivity contribution in [3.8, 4) is 0 Å². The maximum absolute atomic E-state index is 13.1. The highest BCUT2D eigenvalue weighted by Crippen LogP contribution is 2.06. The monoisotopic (exact) mass is 958 g/mol. The van der Waals surface area contributed by atoms with E-state index in [4.69, 9.17) is 28.0 Å². The molecule has 0 aromatic carbocycles. The normalized spacial score (nSPS) is 12.9. The minimum Gasteiger partial charge on any atom is -0.480 e. The van der Waals surface area contributed by atoms with E-state index >= 15 is 0 Å². The van der Waals surface area contributed by atoms with Crippen molar-refractivity contribution in [1.82, 2.24) is 53.2 Å². The summed E-state index contributed by atoms with van der Waals surface area (Å²) in [5.41, 5.74) is 21.7. The number of rotatable bonds is 35. The second-order valence-electron chi connectivity index (χ2n) is 15.6. The highest BCUT2D eigenvalue weighted by molar-refractivity contribution is 5.95. The molecule has 10 amide bonds. The summed E-state index contributed by atoms with van der Waals surface area (Å²) < 4.78 is 0. The molecule has 20 N–H and O–H groups in total. The molecule has 0 aliphatic carbocycles. The Labute approximate surface area is 388 Å². The number of amides is 10. The number of hydrogen-bond acceptors (Lipinski definition) is 15. The lowest BCUT2D eigenvalue weighted by molar-refractivity contribution is -0.142. The number of nitrogens with one attached hydrogen (secondary N) is 10. The maximum Gasteiger partial charge on any atom is 0.326 e. The highest BCUT2D eigenvalue weighted by Gasteiger charge is 2.26. The Kier molecular flexibility index (Phi) is 31.2. The van der Waals surface area contributed by atoms with E-state index in [1.807, 2.05) is 0 Å².